The van der Waals surface area contributed by atoms with Crippen LogP contribution in [0.1, 0.15) is 42.3 Å². The van der Waals surface area contributed by atoms with Crippen molar-refractivity contribution in [2.45, 2.75) is 38.8 Å². The molecule has 2 aromatic carbocycles. The Morgan fingerprint density at radius 2 is 2.08 bits per heavy atom. The first-order valence-electron chi connectivity index (χ1n) is 9.14. The van der Waals surface area contributed by atoms with Crippen molar-refractivity contribution in [2.24, 2.45) is 0 Å². The lowest BCUT2D eigenvalue weighted by Gasteiger charge is -2.33. The number of aromatic nitrogens is 2. The van der Waals surface area contributed by atoms with Crippen molar-refractivity contribution in [2.75, 3.05) is 6.54 Å². The van der Waals surface area contributed by atoms with Gasteiger partial charge in [-0.2, -0.15) is 0 Å². The fourth-order valence-electron chi connectivity index (χ4n) is 3.54. The van der Waals surface area contributed by atoms with E-state index in [0.29, 0.717) is 13.2 Å². The van der Waals surface area contributed by atoms with Crippen LogP contribution in [0.15, 0.2) is 48.5 Å². The van der Waals surface area contributed by atoms with Gasteiger partial charge >= 0.3 is 6.09 Å². The Morgan fingerprint density at radius 3 is 2.92 bits per heavy atom. The number of piperidine rings is 1. The summed E-state index contributed by atoms with van der Waals surface area (Å²) < 4.78 is 5.56. The molecule has 0 spiro atoms. The topological polar surface area (TPSA) is 58.2 Å². The number of rotatable bonds is 3. The molecule has 0 radical (unpaired) electrons. The number of carbonyl (C=O) groups is 1. The Bertz CT molecular complexity index is 904. The van der Waals surface area contributed by atoms with Gasteiger partial charge in [-0.1, -0.05) is 36.4 Å². The molecule has 1 amide bonds. The molecule has 1 aromatic heterocycles. The molecule has 4 rings (SSSR count). The highest BCUT2D eigenvalue weighted by Crippen LogP contribution is 2.31. The van der Waals surface area contributed by atoms with E-state index >= 15 is 0 Å². The number of aryl methyl sites for hydroxylation is 1. The molecular formula is C21H23N3O2. The molecule has 26 heavy (non-hydrogen) atoms. The van der Waals surface area contributed by atoms with Crippen LogP contribution in [0.3, 0.4) is 0 Å². The van der Waals surface area contributed by atoms with E-state index in [1.807, 2.05) is 41.3 Å². The van der Waals surface area contributed by atoms with Crippen LogP contribution in [0.4, 0.5) is 4.79 Å². The van der Waals surface area contributed by atoms with Gasteiger partial charge in [-0.15, -0.1) is 0 Å². The fraction of sp³-hybridized carbons (Fsp3) is 0.333. The minimum Gasteiger partial charge on any atom is -0.445 e. The van der Waals surface area contributed by atoms with Gasteiger partial charge in [0.25, 0.3) is 0 Å². The van der Waals surface area contributed by atoms with Crippen LogP contribution in [0.5, 0.6) is 0 Å². The van der Waals surface area contributed by atoms with Gasteiger partial charge in [0, 0.05) is 6.54 Å². The highest BCUT2D eigenvalue weighted by Gasteiger charge is 2.31. The zero-order valence-electron chi connectivity index (χ0n) is 14.9. The monoisotopic (exact) mass is 349 g/mol. The SMILES string of the molecule is Cc1ccc2nc([C@@H]3CCCCN3C(=O)OCc3ccccc3)[nH]c2c1. The number of fused-ring (bicyclic) bond motifs is 1. The van der Waals surface area contributed by atoms with Crippen molar-refractivity contribution in [1.29, 1.82) is 0 Å². The quantitative estimate of drug-likeness (QED) is 0.743. The highest BCUT2D eigenvalue weighted by atomic mass is 16.6. The summed E-state index contributed by atoms with van der Waals surface area (Å²) in [4.78, 5) is 22.6. The zero-order chi connectivity index (χ0) is 17.9. The van der Waals surface area contributed by atoms with E-state index in [9.17, 15) is 4.79 Å². The molecular weight excluding hydrogens is 326 g/mol. The first-order chi connectivity index (χ1) is 12.7. The number of nitrogens with zero attached hydrogens (tertiary/aromatic N) is 2. The van der Waals surface area contributed by atoms with E-state index in [-0.39, 0.29) is 12.1 Å². The minimum atomic E-state index is -0.268. The molecule has 134 valence electrons. The number of aromatic amines is 1. The van der Waals surface area contributed by atoms with Gasteiger partial charge < -0.3 is 9.72 Å². The summed E-state index contributed by atoms with van der Waals surface area (Å²) in [5.41, 5.74) is 4.14. The Hall–Kier alpha value is -2.82. The number of ether oxygens (including phenoxy) is 1. The van der Waals surface area contributed by atoms with Crippen LogP contribution in [-0.4, -0.2) is 27.5 Å². The van der Waals surface area contributed by atoms with E-state index in [0.717, 1.165) is 41.7 Å². The molecule has 0 aliphatic carbocycles. The predicted octanol–water partition coefficient (Wildman–Crippen LogP) is 4.74. The van der Waals surface area contributed by atoms with Crippen molar-refractivity contribution in [1.82, 2.24) is 14.9 Å². The third-order valence-corrected chi connectivity index (χ3v) is 4.91. The zero-order valence-corrected chi connectivity index (χ0v) is 14.9. The summed E-state index contributed by atoms with van der Waals surface area (Å²) in [6, 6.07) is 15.9. The van der Waals surface area contributed by atoms with Crippen molar-refractivity contribution in [3.8, 4) is 0 Å². The second kappa shape index (κ2) is 7.20. The summed E-state index contributed by atoms with van der Waals surface area (Å²) in [5.74, 6) is 0.849. The van der Waals surface area contributed by atoms with Gasteiger partial charge in [0.05, 0.1) is 17.1 Å². The second-order valence-corrected chi connectivity index (χ2v) is 6.89. The Balaban J connectivity index is 1.52. The number of likely N-dealkylation sites (tertiary alicyclic amines) is 1. The molecule has 1 atom stereocenters. The maximum Gasteiger partial charge on any atom is 0.410 e. The first-order valence-corrected chi connectivity index (χ1v) is 9.14. The molecule has 1 saturated heterocycles. The van der Waals surface area contributed by atoms with Crippen molar-refractivity contribution in [3.05, 3.63) is 65.5 Å². The average molecular weight is 349 g/mol. The van der Waals surface area contributed by atoms with Gasteiger partial charge in [0.15, 0.2) is 0 Å². The van der Waals surface area contributed by atoms with E-state index in [2.05, 4.69) is 24.0 Å². The molecule has 1 N–H and O–H groups in total. The molecule has 5 heteroatoms. The number of benzene rings is 2. The largest absolute Gasteiger partial charge is 0.445 e. The third kappa shape index (κ3) is 3.43. The van der Waals surface area contributed by atoms with Gasteiger partial charge in [-0.3, -0.25) is 4.90 Å². The lowest BCUT2D eigenvalue weighted by Crippen LogP contribution is -2.39. The molecule has 5 nitrogen and oxygen atoms in total. The first kappa shape index (κ1) is 16.6. The summed E-state index contributed by atoms with van der Waals surface area (Å²) in [6.07, 6.45) is 2.72. The number of H-pyrrole nitrogens is 1. The van der Waals surface area contributed by atoms with Gasteiger partial charge in [0.1, 0.15) is 12.4 Å². The third-order valence-electron chi connectivity index (χ3n) is 4.91. The van der Waals surface area contributed by atoms with E-state index < -0.39 is 0 Å². The number of amides is 1. The van der Waals surface area contributed by atoms with Gasteiger partial charge in [0.2, 0.25) is 0 Å². The lowest BCUT2D eigenvalue weighted by molar-refractivity contribution is 0.0661. The van der Waals surface area contributed by atoms with E-state index in [1.54, 1.807) is 0 Å². The highest BCUT2D eigenvalue weighted by molar-refractivity contribution is 5.76. The maximum atomic E-state index is 12.7. The Morgan fingerprint density at radius 1 is 1.23 bits per heavy atom. The number of hydrogen-bond donors (Lipinski definition) is 1. The molecule has 0 bridgehead atoms. The predicted molar refractivity (Wildman–Crippen MR) is 101 cm³/mol. The molecule has 3 aromatic rings. The van der Waals surface area contributed by atoms with Crippen molar-refractivity contribution < 1.29 is 9.53 Å². The summed E-state index contributed by atoms with van der Waals surface area (Å²) in [6.45, 7) is 3.06. The minimum absolute atomic E-state index is 0.0558. The van der Waals surface area contributed by atoms with E-state index in [1.165, 1.54) is 5.56 Å². The molecule has 0 saturated carbocycles. The summed E-state index contributed by atoms with van der Waals surface area (Å²) >= 11 is 0. The van der Waals surface area contributed by atoms with Crippen molar-refractivity contribution in [3.63, 3.8) is 0 Å². The van der Waals surface area contributed by atoms with Crippen molar-refractivity contribution >= 4 is 17.1 Å². The standard InChI is InChI=1S/C21H23N3O2/c1-15-10-11-17-18(13-15)23-20(22-17)19-9-5-6-12-24(19)21(25)26-14-16-7-3-2-4-8-16/h2-4,7-8,10-11,13,19H,5-6,9,12,14H2,1H3,(H,22,23)/t19-/m0/s1. The van der Waals surface area contributed by atoms with Crippen LogP contribution < -0.4 is 0 Å². The van der Waals surface area contributed by atoms with E-state index in [4.69, 9.17) is 9.72 Å². The van der Waals surface area contributed by atoms with Crippen LogP contribution in [0, 0.1) is 6.92 Å². The number of hydrogen-bond acceptors (Lipinski definition) is 3. The smallest absolute Gasteiger partial charge is 0.410 e. The Kier molecular flexibility index (Phi) is 4.61. The number of nitrogens with one attached hydrogen (secondary N) is 1. The van der Waals surface area contributed by atoms with Crippen LogP contribution in [0.25, 0.3) is 11.0 Å². The fourth-order valence-corrected chi connectivity index (χ4v) is 3.54. The second-order valence-electron chi connectivity index (χ2n) is 6.89. The number of carbonyl (C=O) groups excluding carboxylic acids is 1. The molecule has 1 aliphatic heterocycles. The molecule has 1 fully saturated rings. The molecule has 2 heterocycles. The Labute approximate surface area is 153 Å². The lowest BCUT2D eigenvalue weighted by atomic mass is 10.0. The van der Waals surface area contributed by atoms with Crippen LogP contribution in [-0.2, 0) is 11.3 Å². The normalized spacial score (nSPS) is 17.4. The number of imidazole rings is 1. The molecule has 1 aliphatic rings. The van der Waals surface area contributed by atoms with Gasteiger partial charge in [-0.05, 0) is 49.4 Å². The maximum absolute atomic E-state index is 12.7. The van der Waals surface area contributed by atoms with Gasteiger partial charge in [-0.25, -0.2) is 9.78 Å². The van der Waals surface area contributed by atoms with Crippen LogP contribution in [0.2, 0.25) is 0 Å². The summed E-state index contributed by atoms with van der Waals surface area (Å²) in [7, 11) is 0. The average Bonchev–Trinajstić information content (AvgIpc) is 3.10. The van der Waals surface area contributed by atoms with Crippen LogP contribution >= 0.6 is 0 Å². The summed E-state index contributed by atoms with van der Waals surface area (Å²) in [5, 5.41) is 0. The molecule has 0 unspecified atom stereocenters.